The molecule has 9 heteroatoms. The molecule has 2 amide bonds. The van der Waals surface area contributed by atoms with Crippen molar-refractivity contribution in [3.63, 3.8) is 0 Å². The first kappa shape index (κ1) is 23.7. The lowest BCUT2D eigenvalue weighted by Gasteiger charge is -2.39. The summed E-state index contributed by atoms with van der Waals surface area (Å²) in [4.78, 5) is 44.7. The molecular formula is C27H27N3O6. The number of methoxy groups -OCH3 is 1. The van der Waals surface area contributed by atoms with E-state index >= 15 is 0 Å². The van der Waals surface area contributed by atoms with Gasteiger partial charge in [0.25, 0.3) is 11.8 Å². The molecule has 36 heavy (non-hydrogen) atoms. The van der Waals surface area contributed by atoms with E-state index in [0.717, 1.165) is 11.1 Å². The molecule has 9 nitrogen and oxygen atoms in total. The number of esters is 1. The number of aromatic nitrogens is 1. The van der Waals surface area contributed by atoms with Crippen molar-refractivity contribution in [2.24, 2.45) is 5.92 Å². The van der Waals surface area contributed by atoms with Crippen molar-refractivity contribution in [1.82, 2.24) is 10.1 Å². The second-order valence-corrected chi connectivity index (χ2v) is 8.73. The molecule has 3 heterocycles. The summed E-state index contributed by atoms with van der Waals surface area (Å²) in [6.45, 7) is 2.54. The molecule has 2 aliphatic rings. The van der Waals surface area contributed by atoms with Crippen LogP contribution in [0, 0.1) is 5.92 Å². The Morgan fingerprint density at radius 3 is 2.47 bits per heavy atom. The van der Waals surface area contributed by atoms with Gasteiger partial charge >= 0.3 is 5.97 Å². The number of hydrogen-bond donors (Lipinski definition) is 0. The van der Waals surface area contributed by atoms with Gasteiger partial charge < -0.3 is 23.8 Å². The van der Waals surface area contributed by atoms with Gasteiger partial charge in [-0.15, -0.1) is 0 Å². The number of rotatable bonds is 7. The van der Waals surface area contributed by atoms with Crippen molar-refractivity contribution in [3.8, 4) is 0 Å². The highest BCUT2D eigenvalue weighted by Gasteiger charge is 2.61. The summed E-state index contributed by atoms with van der Waals surface area (Å²) in [7, 11) is 1.57. The third-order valence-corrected chi connectivity index (χ3v) is 6.87. The molecule has 1 fully saturated rings. The number of carbonyl (C=O) groups excluding carboxylic acids is 3. The van der Waals surface area contributed by atoms with Crippen LogP contribution < -0.4 is 4.90 Å². The van der Waals surface area contributed by atoms with Gasteiger partial charge in [-0.25, -0.2) is 0 Å². The third kappa shape index (κ3) is 3.85. The van der Waals surface area contributed by atoms with Crippen molar-refractivity contribution in [2.45, 2.75) is 24.9 Å². The smallest absolute Gasteiger partial charge is 0.312 e. The lowest BCUT2D eigenvalue weighted by Crippen LogP contribution is -2.53. The number of likely N-dealkylation sites (tertiary alicyclic amines) is 1. The molecule has 0 N–H and O–H groups in total. The summed E-state index contributed by atoms with van der Waals surface area (Å²) in [5.41, 5.74) is 2.24. The fourth-order valence-corrected chi connectivity index (χ4v) is 5.49. The van der Waals surface area contributed by atoms with E-state index in [9.17, 15) is 14.4 Å². The van der Waals surface area contributed by atoms with Crippen molar-refractivity contribution in [1.29, 1.82) is 0 Å². The highest BCUT2D eigenvalue weighted by molar-refractivity contribution is 6.06. The topological polar surface area (TPSA) is 102 Å². The number of fused-ring (bicyclic) bond motifs is 3. The molecule has 4 atom stereocenters. The average Bonchev–Trinajstić information content (AvgIpc) is 3.56. The zero-order valence-corrected chi connectivity index (χ0v) is 20.1. The first-order valence-electron chi connectivity index (χ1n) is 11.9. The van der Waals surface area contributed by atoms with Gasteiger partial charge in [0.1, 0.15) is 6.04 Å². The van der Waals surface area contributed by atoms with Crippen LogP contribution in [0.3, 0.4) is 0 Å². The van der Waals surface area contributed by atoms with Gasteiger partial charge in [0, 0.05) is 31.3 Å². The number of para-hydroxylation sites is 1. The van der Waals surface area contributed by atoms with E-state index in [1.165, 1.54) is 17.2 Å². The predicted octanol–water partition coefficient (Wildman–Crippen LogP) is 3.20. The maximum absolute atomic E-state index is 14.1. The highest BCUT2D eigenvalue weighted by Crippen LogP contribution is 2.55. The monoisotopic (exact) mass is 489 g/mol. The Morgan fingerprint density at radius 2 is 1.78 bits per heavy atom. The molecule has 1 saturated heterocycles. The van der Waals surface area contributed by atoms with E-state index in [1.807, 2.05) is 54.6 Å². The number of nitrogens with zero attached hydrogens (tertiary/aromatic N) is 3. The van der Waals surface area contributed by atoms with E-state index in [-0.39, 0.29) is 18.3 Å². The predicted molar refractivity (Wildman–Crippen MR) is 129 cm³/mol. The fourth-order valence-electron chi connectivity index (χ4n) is 5.49. The van der Waals surface area contributed by atoms with Crippen molar-refractivity contribution >= 4 is 23.5 Å². The zero-order chi connectivity index (χ0) is 25.2. The molecule has 0 aliphatic carbocycles. The van der Waals surface area contributed by atoms with E-state index in [1.54, 1.807) is 18.9 Å². The lowest BCUT2D eigenvalue weighted by atomic mass is 9.77. The van der Waals surface area contributed by atoms with Crippen LogP contribution in [0.15, 0.2) is 71.4 Å². The molecule has 2 aromatic carbocycles. The standard InChI is InChI=1S/C27H27N3O6/c1-3-35-27(33)22-21-18-11-7-8-12-19(18)29(15-16-34-2)26(32)24(21)30(25(31)20-13-14-28-36-20)23(22)17-9-5-4-6-10-17/h4-14,21-24H,3,15-16H2,1-2H3/t21-,22-,23-,24+/m1/s1. The van der Waals surface area contributed by atoms with E-state index in [2.05, 4.69) is 5.16 Å². The first-order chi connectivity index (χ1) is 17.6. The largest absolute Gasteiger partial charge is 0.466 e. The Balaban J connectivity index is 1.74. The highest BCUT2D eigenvalue weighted by atomic mass is 16.5. The van der Waals surface area contributed by atoms with E-state index in [4.69, 9.17) is 14.0 Å². The average molecular weight is 490 g/mol. The normalized spacial score (nSPS) is 22.8. The summed E-state index contributed by atoms with van der Waals surface area (Å²) >= 11 is 0. The number of benzene rings is 2. The second-order valence-electron chi connectivity index (χ2n) is 8.73. The Bertz CT molecular complexity index is 1250. The van der Waals surface area contributed by atoms with Crippen molar-refractivity contribution in [2.75, 3.05) is 31.8 Å². The van der Waals surface area contributed by atoms with Gasteiger partial charge in [-0.1, -0.05) is 53.7 Å². The summed E-state index contributed by atoms with van der Waals surface area (Å²) in [6, 6.07) is 16.5. The molecule has 5 rings (SSSR count). The van der Waals surface area contributed by atoms with Crippen LogP contribution >= 0.6 is 0 Å². The minimum absolute atomic E-state index is 0.00529. The van der Waals surface area contributed by atoms with Gasteiger partial charge in [-0.05, 0) is 24.1 Å². The van der Waals surface area contributed by atoms with Gasteiger partial charge in [0.05, 0.1) is 31.4 Å². The number of amides is 2. The van der Waals surface area contributed by atoms with Gasteiger partial charge in [-0.3, -0.25) is 14.4 Å². The van der Waals surface area contributed by atoms with Crippen LogP contribution in [-0.4, -0.2) is 60.8 Å². The fraction of sp³-hybridized carbons (Fsp3) is 0.333. The van der Waals surface area contributed by atoms with Crippen LogP contribution in [-0.2, 0) is 19.1 Å². The Morgan fingerprint density at radius 1 is 1.03 bits per heavy atom. The van der Waals surface area contributed by atoms with Crippen LogP contribution in [0.5, 0.6) is 0 Å². The maximum Gasteiger partial charge on any atom is 0.312 e. The molecule has 3 aromatic rings. The molecule has 186 valence electrons. The van der Waals surface area contributed by atoms with Crippen molar-refractivity contribution < 1.29 is 28.4 Å². The molecule has 0 unspecified atom stereocenters. The third-order valence-electron chi connectivity index (χ3n) is 6.87. The number of hydrogen-bond acceptors (Lipinski definition) is 7. The summed E-state index contributed by atoms with van der Waals surface area (Å²) in [5.74, 6) is -2.67. The van der Waals surface area contributed by atoms with Gasteiger partial charge in [0.2, 0.25) is 5.76 Å². The molecule has 2 aliphatic heterocycles. The van der Waals surface area contributed by atoms with E-state index < -0.39 is 35.8 Å². The van der Waals surface area contributed by atoms with Crippen LogP contribution in [0.1, 0.15) is 40.6 Å². The zero-order valence-electron chi connectivity index (χ0n) is 20.1. The molecular weight excluding hydrogens is 462 g/mol. The lowest BCUT2D eigenvalue weighted by molar-refractivity contribution is -0.149. The summed E-state index contributed by atoms with van der Waals surface area (Å²) in [6.07, 6.45) is 1.38. The number of carbonyl (C=O) groups is 3. The Kier molecular flexibility index (Phi) is 6.56. The Hall–Kier alpha value is -3.98. The minimum Gasteiger partial charge on any atom is -0.466 e. The van der Waals surface area contributed by atoms with Gasteiger partial charge in [-0.2, -0.15) is 0 Å². The Labute approximate surface area is 208 Å². The SMILES string of the molecule is CCOC(=O)[C@@H]1[C@H]2c3ccccc3N(CCOC)C(=O)[C@H]2N(C(=O)c2ccno2)[C@@H]1c1ccccc1. The van der Waals surface area contributed by atoms with Crippen LogP contribution in [0.2, 0.25) is 0 Å². The minimum atomic E-state index is -0.950. The van der Waals surface area contributed by atoms with Crippen molar-refractivity contribution in [3.05, 3.63) is 83.7 Å². The summed E-state index contributed by atoms with van der Waals surface area (Å²) < 4.78 is 16.0. The number of ether oxygens (including phenoxy) is 2. The van der Waals surface area contributed by atoms with Gasteiger partial charge in [0.15, 0.2) is 0 Å². The second kappa shape index (κ2) is 9.94. The quantitative estimate of drug-likeness (QED) is 0.470. The maximum atomic E-state index is 14.1. The molecule has 0 radical (unpaired) electrons. The number of anilines is 1. The molecule has 0 bridgehead atoms. The summed E-state index contributed by atoms with van der Waals surface area (Å²) in [5, 5.41) is 3.68. The molecule has 0 spiro atoms. The van der Waals surface area contributed by atoms with Crippen LogP contribution in [0.25, 0.3) is 0 Å². The van der Waals surface area contributed by atoms with Crippen LogP contribution in [0.4, 0.5) is 5.69 Å². The first-order valence-corrected chi connectivity index (χ1v) is 11.9. The molecule has 1 aromatic heterocycles. The molecule has 0 saturated carbocycles. The van der Waals surface area contributed by atoms with E-state index in [0.29, 0.717) is 18.8 Å².